The number of hydrogen-bond acceptors (Lipinski definition) is 5. The second-order valence-corrected chi connectivity index (χ2v) is 8.34. The number of nitrogens with one attached hydrogen (secondary N) is 2. The van der Waals surface area contributed by atoms with E-state index in [4.69, 9.17) is 4.42 Å². The zero-order chi connectivity index (χ0) is 24.5. The summed E-state index contributed by atoms with van der Waals surface area (Å²) in [6.45, 7) is 5.78. The van der Waals surface area contributed by atoms with Gasteiger partial charge < -0.3 is 20.0 Å². The Balaban J connectivity index is 1.83. The lowest BCUT2D eigenvalue weighted by Crippen LogP contribution is -2.45. The zero-order valence-corrected chi connectivity index (χ0v) is 19.7. The predicted molar refractivity (Wildman–Crippen MR) is 129 cm³/mol. The van der Waals surface area contributed by atoms with Crippen LogP contribution in [0.15, 0.2) is 71.5 Å². The van der Waals surface area contributed by atoms with Crippen LogP contribution in [0.2, 0.25) is 0 Å². The molecule has 8 nitrogen and oxygen atoms in total. The zero-order valence-electron chi connectivity index (χ0n) is 19.7. The molecule has 178 valence electrons. The van der Waals surface area contributed by atoms with E-state index in [0.717, 1.165) is 5.56 Å². The van der Waals surface area contributed by atoms with E-state index in [9.17, 15) is 14.4 Å². The average molecular weight is 463 g/mol. The number of aromatic nitrogens is 1. The SMILES string of the molecule is Cc1ccc([C@H](C(=O)NC(C)C)N(Cc2ccco2)C(=O)CCC(=O)Nc2ccccn2)cc1. The lowest BCUT2D eigenvalue weighted by atomic mass is 10.0. The highest BCUT2D eigenvalue weighted by atomic mass is 16.3. The minimum Gasteiger partial charge on any atom is -0.467 e. The number of rotatable bonds is 10. The van der Waals surface area contributed by atoms with Gasteiger partial charge in [0.25, 0.3) is 0 Å². The Kier molecular flexibility index (Phi) is 8.56. The van der Waals surface area contributed by atoms with Crippen molar-refractivity contribution in [3.63, 3.8) is 0 Å². The van der Waals surface area contributed by atoms with Crippen molar-refractivity contribution in [3.05, 3.63) is 83.9 Å². The normalized spacial score (nSPS) is 11.6. The summed E-state index contributed by atoms with van der Waals surface area (Å²) in [5.41, 5.74) is 1.73. The number of hydrogen-bond donors (Lipinski definition) is 2. The summed E-state index contributed by atoms with van der Waals surface area (Å²) in [6.07, 6.45) is 2.98. The maximum Gasteiger partial charge on any atom is 0.247 e. The van der Waals surface area contributed by atoms with Crippen molar-refractivity contribution in [2.45, 2.75) is 52.2 Å². The first kappa shape index (κ1) is 24.7. The lowest BCUT2D eigenvalue weighted by molar-refractivity contribution is -0.142. The molecule has 3 aromatic rings. The van der Waals surface area contributed by atoms with Gasteiger partial charge in [0.1, 0.15) is 17.6 Å². The quantitative estimate of drug-likeness (QED) is 0.474. The molecule has 0 aliphatic heterocycles. The van der Waals surface area contributed by atoms with E-state index in [2.05, 4.69) is 15.6 Å². The number of carbonyl (C=O) groups is 3. The second kappa shape index (κ2) is 11.8. The van der Waals surface area contributed by atoms with Crippen LogP contribution in [0, 0.1) is 6.92 Å². The first-order valence-electron chi connectivity index (χ1n) is 11.2. The molecule has 0 saturated carbocycles. The molecule has 1 atom stereocenters. The van der Waals surface area contributed by atoms with Crippen LogP contribution in [0.25, 0.3) is 0 Å². The fraction of sp³-hybridized carbons (Fsp3) is 0.308. The molecule has 0 saturated heterocycles. The number of carbonyl (C=O) groups excluding carboxylic acids is 3. The molecule has 0 unspecified atom stereocenters. The van der Waals surface area contributed by atoms with Gasteiger partial charge in [0.15, 0.2) is 0 Å². The van der Waals surface area contributed by atoms with Crippen LogP contribution in [-0.2, 0) is 20.9 Å². The van der Waals surface area contributed by atoms with Crippen molar-refractivity contribution in [1.29, 1.82) is 0 Å². The average Bonchev–Trinajstić information content (AvgIpc) is 3.32. The van der Waals surface area contributed by atoms with Gasteiger partial charge >= 0.3 is 0 Å². The Hall–Kier alpha value is -3.94. The minimum atomic E-state index is -0.876. The van der Waals surface area contributed by atoms with Gasteiger partial charge in [-0.15, -0.1) is 0 Å². The molecular formula is C26H30N4O4. The molecule has 0 spiro atoms. The molecule has 0 radical (unpaired) electrons. The van der Waals surface area contributed by atoms with Crippen molar-refractivity contribution in [2.24, 2.45) is 0 Å². The number of amides is 3. The molecule has 2 aromatic heterocycles. The summed E-state index contributed by atoms with van der Waals surface area (Å²) >= 11 is 0. The number of nitrogens with zero attached hydrogens (tertiary/aromatic N) is 2. The molecule has 2 N–H and O–H groups in total. The van der Waals surface area contributed by atoms with Gasteiger partial charge in [-0.05, 0) is 50.6 Å². The molecule has 0 fully saturated rings. The van der Waals surface area contributed by atoms with E-state index in [-0.39, 0.29) is 43.1 Å². The molecule has 1 aromatic carbocycles. The van der Waals surface area contributed by atoms with E-state index in [0.29, 0.717) is 17.1 Å². The van der Waals surface area contributed by atoms with Crippen LogP contribution >= 0.6 is 0 Å². The highest BCUT2D eigenvalue weighted by Crippen LogP contribution is 2.26. The van der Waals surface area contributed by atoms with E-state index < -0.39 is 6.04 Å². The number of furan rings is 1. The third-order valence-electron chi connectivity index (χ3n) is 5.11. The van der Waals surface area contributed by atoms with Crippen LogP contribution < -0.4 is 10.6 Å². The number of aryl methyl sites for hydroxylation is 1. The molecule has 3 rings (SSSR count). The standard InChI is InChI=1S/C26H30N4O4/c1-18(2)28-26(33)25(20-11-9-19(3)10-12-20)30(17-21-7-6-16-34-21)24(32)14-13-23(31)29-22-8-4-5-15-27-22/h4-12,15-16,18,25H,13-14,17H2,1-3H3,(H,28,33)(H,27,29,31)/t25-/m1/s1. The number of benzene rings is 1. The van der Waals surface area contributed by atoms with Crippen molar-refractivity contribution >= 4 is 23.5 Å². The van der Waals surface area contributed by atoms with Crippen LogP contribution in [0.1, 0.15) is 49.6 Å². The molecular weight excluding hydrogens is 432 g/mol. The van der Waals surface area contributed by atoms with Gasteiger partial charge in [-0.1, -0.05) is 35.9 Å². The van der Waals surface area contributed by atoms with E-state index in [1.54, 1.807) is 36.5 Å². The molecule has 0 aliphatic carbocycles. The van der Waals surface area contributed by atoms with Crippen LogP contribution in [0.3, 0.4) is 0 Å². The third-order valence-corrected chi connectivity index (χ3v) is 5.11. The lowest BCUT2D eigenvalue weighted by Gasteiger charge is -2.31. The molecule has 2 heterocycles. The minimum absolute atomic E-state index is 0.0452. The summed E-state index contributed by atoms with van der Waals surface area (Å²) in [5.74, 6) is -0.000700. The highest BCUT2D eigenvalue weighted by Gasteiger charge is 2.32. The first-order valence-corrected chi connectivity index (χ1v) is 11.2. The Morgan fingerprint density at radius 3 is 2.38 bits per heavy atom. The van der Waals surface area contributed by atoms with E-state index in [1.165, 1.54) is 11.2 Å². The van der Waals surface area contributed by atoms with Crippen molar-refractivity contribution in [1.82, 2.24) is 15.2 Å². The van der Waals surface area contributed by atoms with Crippen molar-refractivity contribution < 1.29 is 18.8 Å². The van der Waals surface area contributed by atoms with Gasteiger partial charge in [0.05, 0.1) is 12.8 Å². The van der Waals surface area contributed by atoms with Crippen molar-refractivity contribution in [3.8, 4) is 0 Å². The molecule has 34 heavy (non-hydrogen) atoms. The van der Waals surface area contributed by atoms with E-state index >= 15 is 0 Å². The maximum atomic E-state index is 13.4. The summed E-state index contributed by atoms with van der Waals surface area (Å²) in [5, 5.41) is 5.60. The summed E-state index contributed by atoms with van der Waals surface area (Å²) in [7, 11) is 0. The van der Waals surface area contributed by atoms with Gasteiger partial charge in [-0.3, -0.25) is 14.4 Å². The molecule has 3 amide bonds. The molecule has 0 aliphatic rings. The van der Waals surface area contributed by atoms with Gasteiger partial charge in [-0.2, -0.15) is 0 Å². The fourth-order valence-corrected chi connectivity index (χ4v) is 3.49. The predicted octanol–water partition coefficient (Wildman–Crippen LogP) is 4.00. The van der Waals surface area contributed by atoms with Gasteiger partial charge in [-0.25, -0.2) is 4.98 Å². The summed E-state index contributed by atoms with van der Waals surface area (Å²) in [6, 6.07) is 15.2. The van der Waals surface area contributed by atoms with Crippen molar-refractivity contribution in [2.75, 3.05) is 5.32 Å². The maximum absolute atomic E-state index is 13.4. The summed E-state index contributed by atoms with van der Waals surface area (Å²) < 4.78 is 5.47. The van der Waals surface area contributed by atoms with Gasteiger partial charge in [0.2, 0.25) is 17.7 Å². The van der Waals surface area contributed by atoms with Gasteiger partial charge in [0, 0.05) is 25.1 Å². The second-order valence-electron chi connectivity index (χ2n) is 8.34. The Morgan fingerprint density at radius 1 is 1.00 bits per heavy atom. The van der Waals surface area contributed by atoms with Crippen LogP contribution in [-0.4, -0.2) is 33.6 Å². The Labute approximate surface area is 199 Å². The highest BCUT2D eigenvalue weighted by molar-refractivity contribution is 5.94. The topological polar surface area (TPSA) is 105 Å². The first-order chi connectivity index (χ1) is 16.3. The molecule has 0 bridgehead atoms. The molecule has 8 heteroatoms. The monoisotopic (exact) mass is 462 g/mol. The smallest absolute Gasteiger partial charge is 0.247 e. The fourth-order valence-electron chi connectivity index (χ4n) is 3.49. The number of pyridine rings is 1. The summed E-state index contributed by atoms with van der Waals surface area (Å²) in [4.78, 5) is 44.6. The Bertz CT molecular complexity index is 1080. The van der Waals surface area contributed by atoms with E-state index in [1.807, 2.05) is 45.0 Å². The third kappa shape index (κ3) is 7.03. The Morgan fingerprint density at radius 2 is 1.76 bits per heavy atom. The largest absolute Gasteiger partial charge is 0.467 e. The number of anilines is 1. The van der Waals surface area contributed by atoms with Crippen LogP contribution in [0.4, 0.5) is 5.82 Å². The van der Waals surface area contributed by atoms with Crippen LogP contribution in [0.5, 0.6) is 0 Å².